The summed E-state index contributed by atoms with van der Waals surface area (Å²) in [6, 6.07) is -0.248. The van der Waals surface area contributed by atoms with Crippen molar-refractivity contribution in [3.05, 3.63) is 16.7 Å². The number of rotatable bonds is 4. The minimum Gasteiger partial charge on any atom is -0.465 e. The smallest absolute Gasteiger partial charge is 0.407 e. The average Bonchev–Trinajstić information content (AvgIpc) is 2.88. The SMILES string of the molecule is CCc1[nH]c(C(=O)N[C@H]2CCN(C(=O)O)C[C@H]2N(C)C)nc1Cl. The molecular weight excluding hydrogens is 322 g/mol. The van der Waals surface area contributed by atoms with Crippen LogP contribution in [-0.2, 0) is 6.42 Å². The first-order valence-corrected chi connectivity index (χ1v) is 7.90. The number of halogens is 1. The van der Waals surface area contributed by atoms with Crippen LogP contribution in [0, 0.1) is 0 Å². The second-order valence-electron chi connectivity index (χ2n) is 5.84. The second kappa shape index (κ2) is 7.18. The number of hydrogen-bond donors (Lipinski definition) is 3. The molecule has 0 aromatic carbocycles. The molecule has 9 heteroatoms. The molecule has 0 bridgehead atoms. The van der Waals surface area contributed by atoms with Gasteiger partial charge in [-0.2, -0.15) is 0 Å². The van der Waals surface area contributed by atoms with Crippen molar-refractivity contribution in [1.29, 1.82) is 0 Å². The molecule has 2 atom stereocenters. The van der Waals surface area contributed by atoms with Crippen molar-refractivity contribution in [2.45, 2.75) is 31.8 Å². The average molecular weight is 344 g/mol. The molecule has 1 aromatic heterocycles. The highest BCUT2D eigenvalue weighted by atomic mass is 35.5. The monoisotopic (exact) mass is 343 g/mol. The van der Waals surface area contributed by atoms with Crippen molar-refractivity contribution in [2.75, 3.05) is 27.2 Å². The molecule has 8 nitrogen and oxygen atoms in total. The lowest BCUT2D eigenvalue weighted by molar-refractivity contribution is 0.0742. The third-order valence-corrected chi connectivity index (χ3v) is 4.44. The van der Waals surface area contributed by atoms with E-state index in [1.807, 2.05) is 25.9 Å². The maximum absolute atomic E-state index is 12.4. The van der Waals surface area contributed by atoms with E-state index in [0.717, 1.165) is 5.69 Å². The lowest BCUT2D eigenvalue weighted by Crippen LogP contribution is -2.59. The van der Waals surface area contributed by atoms with Crippen molar-refractivity contribution < 1.29 is 14.7 Å². The standard InChI is InChI=1S/C14H22ClN5O3/c1-4-8-11(15)18-12(16-8)13(21)17-9-5-6-20(14(22)23)7-10(9)19(2)3/h9-10H,4-7H2,1-3H3,(H,16,18)(H,17,21)(H,22,23)/t9-,10+/m0/s1. The van der Waals surface area contributed by atoms with Gasteiger partial charge in [-0.05, 0) is 26.9 Å². The Morgan fingerprint density at radius 1 is 1.52 bits per heavy atom. The summed E-state index contributed by atoms with van der Waals surface area (Å²) in [5.74, 6) is -0.141. The number of carboxylic acid groups (broad SMARTS) is 1. The highest BCUT2D eigenvalue weighted by Gasteiger charge is 2.34. The fourth-order valence-corrected chi connectivity index (χ4v) is 3.03. The lowest BCUT2D eigenvalue weighted by Gasteiger charge is -2.40. The molecule has 3 N–H and O–H groups in total. The summed E-state index contributed by atoms with van der Waals surface area (Å²) >= 11 is 5.96. The Hall–Kier alpha value is -1.80. The largest absolute Gasteiger partial charge is 0.465 e. The molecule has 1 aromatic rings. The van der Waals surface area contributed by atoms with Gasteiger partial charge in [0.1, 0.15) is 0 Å². The van der Waals surface area contributed by atoms with E-state index in [4.69, 9.17) is 16.7 Å². The van der Waals surface area contributed by atoms with Gasteiger partial charge in [0.25, 0.3) is 5.91 Å². The number of amides is 2. The molecule has 23 heavy (non-hydrogen) atoms. The number of nitrogens with one attached hydrogen (secondary N) is 2. The predicted octanol–water partition coefficient (Wildman–Crippen LogP) is 1.04. The van der Waals surface area contributed by atoms with Crippen LogP contribution in [0.1, 0.15) is 29.7 Å². The summed E-state index contributed by atoms with van der Waals surface area (Å²) in [7, 11) is 3.74. The molecule has 0 unspecified atom stereocenters. The van der Waals surface area contributed by atoms with Crippen LogP contribution >= 0.6 is 11.6 Å². The van der Waals surface area contributed by atoms with Crippen molar-refractivity contribution in [3.63, 3.8) is 0 Å². The highest BCUT2D eigenvalue weighted by Crippen LogP contribution is 2.17. The number of H-pyrrole nitrogens is 1. The fraction of sp³-hybridized carbons (Fsp3) is 0.643. The van der Waals surface area contributed by atoms with E-state index in [2.05, 4.69) is 15.3 Å². The third-order valence-electron chi connectivity index (χ3n) is 4.13. The van der Waals surface area contributed by atoms with Crippen LogP contribution in [0.5, 0.6) is 0 Å². The number of likely N-dealkylation sites (N-methyl/N-ethyl adjacent to an activating group) is 1. The summed E-state index contributed by atoms with van der Waals surface area (Å²) in [5.41, 5.74) is 0.724. The first kappa shape index (κ1) is 17.6. The Morgan fingerprint density at radius 2 is 2.22 bits per heavy atom. The Kier molecular flexibility index (Phi) is 5.48. The summed E-state index contributed by atoms with van der Waals surface area (Å²) in [6.45, 7) is 2.67. The quantitative estimate of drug-likeness (QED) is 0.758. The van der Waals surface area contributed by atoms with Gasteiger partial charge >= 0.3 is 6.09 Å². The van der Waals surface area contributed by atoms with Crippen LogP contribution in [0.2, 0.25) is 5.15 Å². The van der Waals surface area contributed by atoms with E-state index < -0.39 is 6.09 Å². The van der Waals surface area contributed by atoms with Crippen molar-refractivity contribution in [3.8, 4) is 0 Å². The van der Waals surface area contributed by atoms with Gasteiger partial charge in [0.05, 0.1) is 5.69 Å². The van der Waals surface area contributed by atoms with E-state index in [1.54, 1.807) is 0 Å². The summed E-state index contributed by atoms with van der Waals surface area (Å²) in [6.07, 6.45) is 0.277. The lowest BCUT2D eigenvalue weighted by atomic mass is 9.98. The van der Waals surface area contributed by atoms with Gasteiger partial charge in [-0.15, -0.1) is 0 Å². The van der Waals surface area contributed by atoms with E-state index in [9.17, 15) is 9.59 Å². The van der Waals surface area contributed by atoms with E-state index in [-0.39, 0.29) is 23.8 Å². The number of aromatic nitrogens is 2. The van der Waals surface area contributed by atoms with Crippen LogP contribution < -0.4 is 5.32 Å². The Labute approximate surface area is 139 Å². The number of carbonyl (C=O) groups is 2. The Balaban J connectivity index is 2.07. The van der Waals surface area contributed by atoms with Crippen molar-refractivity contribution >= 4 is 23.6 Å². The topological polar surface area (TPSA) is 102 Å². The number of nitrogens with zero attached hydrogens (tertiary/aromatic N) is 3. The maximum atomic E-state index is 12.4. The Morgan fingerprint density at radius 3 is 2.74 bits per heavy atom. The molecule has 0 spiro atoms. The predicted molar refractivity (Wildman–Crippen MR) is 85.9 cm³/mol. The van der Waals surface area contributed by atoms with Gasteiger partial charge < -0.3 is 25.2 Å². The highest BCUT2D eigenvalue weighted by molar-refractivity contribution is 6.30. The van der Waals surface area contributed by atoms with Crippen LogP contribution in [0.3, 0.4) is 0 Å². The molecule has 1 fully saturated rings. The first-order valence-electron chi connectivity index (χ1n) is 7.53. The normalized spacial score (nSPS) is 21.5. The zero-order valence-corrected chi connectivity index (χ0v) is 14.2. The van der Waals surface area contributed by atoms with Crippen molar-refractivity contribution in [2.24, 2.45) is 0 Å². The van der Waals surface area contributed by atoms with Crippen molar-refractivity contribution in [1.82, 2.24) is 25.1 Å². The number of aryl methyl sites for hydroxylation is 1. The fourth-order valence-electron chi connectivity index (χ4n) is 2.76. The molecule has 1 aliphatic heterocycles. The first-order chi connectivity index (χ1) is 10.8. The van der Waals surface area contributed by atoms with Gasteiger partial charge in [0.15, 0.2) is 11.0 Å². The van der Waals surface area contributed by atoms with E-state index in [0.29, 0.717) is 31.1 Å². The number of likely N-dealkylation sites (tertiary alicyclic amines) is 1. The van der Waals surface area contributed by atoms with Gasteiger partial charge in [0.2, 0.25) is 0 Å². The minimum atomic E-state index is -0.938. The number of aromatic amines is 1. The zero-order chi connectivity index (χ0) is 17.1. The molecule has 0 radical (unpaired) electrons. The summed E-state index contributed by atoms with van der Waals surface area (Å²) in [5, 5.41) is 12.4. The minimum absolute atomic E-state index is 0.0973. The molecule has 0 saturated carbocycles. The Bertz CT molecular complexity index is 589. The number of carbonyl (C=O) groups excluding carboxylic acids is 1. The molecular formula is C14H22ClN5O3. The molecule has 1 aliphatic rings. The van der Waals surface area contributed by atoms with Crippen LogP contribution in [0.25, 0.3) is 0 Å². The van der Waals surface area contributed by atoms with E-state index >= 15 is 0 Å². The zero-order valence-electron chi connectivity index (χ0n) is 13.5. The molecule has 2 rings (SSSR count). The molecule has 128 valence electrons. The maximum Gasteiger partial charge on any atom is 0.407 e. The van der Waals surface area contributed by atoms with Crippen LogP contribution in [-0.4, -0.2) is 76.1 Å². The molecule has 2 amide bonds. The van der Waals surface area contributed by atoms with Crippen LogP contribution in [0.15, 0.2) is 0 Å². The van der Waals surface area contributed by atoms with Gasteiger partial charge in [-0.1, -0.05) is 18.5 Å². The number of imidazole rings is 1. The van der Waals surface area contributed by atoms with E-state index in [1.165, 1.54) is 4.90 Å². The van der Waals surface area contributed by atoms with Gasteiger partial charge in [-0.25, -0.2) is 9.78 Å². The van der Waals surface area contributed by atoms with Gasteiger partial charge in [0, 0.05) is 25.2 Å². The molecule has 0 aliphatic carbocycles. The molecule has 1 saturated heterocycles. The number of piperidine rings is 1. The summed E-state index contributed by atoms with van der Waals surface area (Å²) < 4.78 is 0. The summed E-state index contributed by atoms with van der Waals surface area (Å²) in [4.78, 5) is 33.8. The second-order valence-corrected chi connectivity index (χ2v) is 6.19. The van der Waals surface area contributed by atoms with Gasteiger partial charge in [-0.3, -0.25) is 4.79 Å². The molecule has 2 heterocycles. The third kappa shape index (κ3) is 3.94. The number of hydrogen-bond acceptors (Lipinski definition) is 4. The van der Waals surface area contributed by atoms with Crippen LogP contribution in [0.4, 0.5) is 4.79 Å².